The van der Waals surface area contributed by atoms with Gasteiger partial charge in [0, 0.05) is 5.69 Å². The van der Waals surface area contributed by atoms with E-state index < -0.39 is 23.4 Å². The van der Waals surface area contributed by atoms with Gasteiger partial charge in [0.15, 0.2) is 11.6 Å². The van der Waals surface area contributed by atoms with Gasteiger partial charge in [0.05, 0.1) is 5.56 Å². The molecule has 2 aromatic rings. The van der Waals surface area contributed by atoms with Gasteiger partial charge < -0.3 is 10.1 Å². The maximum absolute atomic E-state index is 12.5. The highest BCUT2D eigenvalue weighted by Crippen LogP contribution is 2.30. The van der Waals surface area contributed by atoms with E-state index in [4.69, 9.17) is 4.74 Å². The topological polar surface area (TPSA) is 76.1 Å². The van der Waals surface area contributed by atoms with Crippen molar-refractivity contribution in [2.75, 3.05) is 10.6 Å². The van der Waals surface area contributed by atoms with Crippen LogP contribution in [0, 0.1) is 0 Å². The quantitative estimate of drug-likeness (QED) is 0.843. The minimum absolute atomic E-state index is 0.187. The van der Waals surface area contributed by atoms with Crippen LogP contribution in [0.5, 0.6) is 0 Å². The van der Waals surface area contributed by atoms with E-state index in [9.17, 15) is 18.0 Å². The van der Waals surface area contributed by atoms with Gasteiger partial charge in [0.2, 0.25) is 0 Å². The summed E-state index contributed by atoms with van der Waals surface area (Å²) in [7, 11) is 0. The molecule has 9 heteroatoms. The van der Waals surface area contributed by atoms with E-state index in [1.54, 1.807) is 20.8 Å². The highest BCUT2D eigenvalue weighted by molar-refractivity contribution is 5.83. The normalized spacial score (nSPS) is 11.8. The van der Waals surface area contributed by atoms with Crippen LogP contribution in [-0.2, 0) is 10.9 Å². The zero-order valence-corrected chi connectivity index (χ0v) is 13.8. The number of carbonyl (C=O) groups is 1. The SMILES string of the molecule is CC(C)(C)OC(=O)Nc1ccc(Nc2ccc(C(F)(F)F)cc2)nn1. The fraction of sp³-hybridized carbons (Fsp3) is 0.312. The van der Waals surface area contributed by atoms with Crippen LogP contribution in [0.15, 0.2) is 36.4 Å². The molecular formula is C16H17F3N4O2. The van der Waals surface area contributed by atoms with Crippen LogP contribution in [-0.4, -0.2) is 21.9 Å². The average molecular weight is 354 g/mol. The third kappa shape index (κ3) is 5.94. The van der Waals surface area contributed by atoms with Crippen LogP contribution in [0.3, 0.4) is 0 Å². The number of carbonyl (C=O) groups excluding carboxylic acids is 1. The van der Waals surface area contributed by atoms with Crippen molar-refractivity contribution in [1.29, 1.82) is 0 Å². The van der Waals surface area contributed by atoms with Crippen LogP contribution in [0.1, 0.15) is 26.3 Å². The Morgan fingerprint density at radius 3 is 2.00 bits per heavy atom. The van der Waals surface area contributed by atoms with E-state index in [2.05, 4.69) is 20.8 Å². The Morgan fingerprint density at radius 1 is 0.960 bits per heavy atom. The smallest absolute Gasteiger partial charge is 0.416 e. The van der Waals surface area contributed by atoms with Crippen LogP contribution in [0.2, 0.25) is 0 Å². The second kappa shape index (κ2) is 6.96. The molecular weight excluding hydrogens is 337 g/mol. The summed E-state index contributed by atoms with van der Waals surface area (Å²) >= 11 is 0. The maximum Gasteiger partial charge on any atom is 0.416 e. The van der Waals surface area contributed by atoms with Gasteiger partial charge in [-0.15, -0.1) is 10.2 Å². The number of anilines is 3. The van der Waals surface area contributed by atoms with E-state index in [0.29, 0.717) is 11.5 Å². The average Bonchev–Trinajstić information content (AvgIpc) is 2.47. The Balaban J connectivity index is 1.97. The molecule has 0 fully saturated rings. The molecule has 134 valence electrons. The lowest BCUT2D eigenvalue weighted by Gasteiger charge is -2.19. The van der Waals surface area contributed by atoms with Crippen molar-refractivity contribution < 1.29 is 22.7 Å². The lowest BCUT2D eigenvalue weighted by Crippen LogP contribution is -2.27. The number of benzene rings is 1. The molecule has 25 heavy (non-hydrogen) atoms. The number of halogens is 3. The minimum atomic E-state index is -4.38. The zero-order chi connectivity index (χ0) is 18.7. The van der Waals surface area contributed by atoms with Crippen molar-refractivity contribution >= 4 is 23.4 Å². The number of aromatic nitrogens is 2. The number of amides is 1. The van der Waals surface area contributed by atoms with E-state index in [-0.39, 0.29) is 5.82 Å². The molecule has 1 aromatic heterocycles. The monoisotopic (exact) mass is 354 g/mol. The minimum Gasteiger partial charge on any atom is -0.444 e. The first-order valence-corrected chi connectivity index (χ1v) is 7.31. The Morgan fingerprint density at radius 2 is 1.52 bits per heavy atom. The molecule has 2 rings (SSSR count). The summed E-state index contributed by atoms with van der Waals surface area (Å²) in [5, 5.41) is 12.9. The highest BCUT2D eigenvalue weighted by Gasteiger charge is 2.29. The van der Waals surface area contributed by atoms with E-state index in [1.165, 1.54) is 24.3 Å². The summed E-state index contributed by atoms with van der Waals surface area (Å²) in [4.78, 5) is 11.6. The van der Waals surface area contributed by atoms with Crippen molar-refractivity contribution in [3.8, 4) is 0 Å². The Kier molecular flexibility index (Phi) is 5.15. The van der Waals surface area contributed by atoms with Crippen LogP contribution >= 0.6 is 0 Å². The number of hydrogen-bond acceptors (Lipinski definition) is 5. The van der Waals surface area contributed by atoms with Gasteiger partial charge >= 0.3 is 12.3 Å². The first kappa shape index (κ1) is 18.5. The van der Waals surface area contributed by atoms with E-state index in [1.807, 2.05) is 0 Å². The molecule has 0 radical (unpaired) electrons. The second-order valence-corrected chi connectivity index (χ2v) is 6.13. The standard InChI is InChI=1S/C16H17F3N4O2/c1-15(2,3)25-14(24)21-13-9-8-12(22-23-13)20-11-6-4-10(5-7-11)16(17,18)19/h4-9H,1-3H3,(H,20,22)(H,21,23,24). The molecule has 0 unspecified atom stereocenters. The number of alkyl halides is 3. The van der Waals surface area contributed by atoms with Crippen molar-refractivity contribution in [3.05, 3.63) is 42.0 Å². The molecule has 0 bridgehead atoms. The molecule has 0 saturated carbocycles. The fourth-order valence-corrected chi connectivity index (χ4v) is 1.76. The summed E-state index contributed by atoms with van der Waals surface area (Å²) in [6.07, 6.45) is -5.04. The molecule has 6 nitrogen and oxygen atoms in total. The van der Waals surface area contributed by atoms with Crippen molar-refractivity contribution in [2.45, 2.75) is 32.5 Å². The van der Waals surface area contributed by atoms with Crippen molar-refractivity contribution in [2.24, 2.45) is 0 Å². The third-order valence-electron chi connectivity index (χ3n) is 2.78. The summed E-state index contributed by atoms with van der Waals surface area (Å²) in [6.45, 7) is 5.19. The van der Waals surface area contributed by atoms with Gasteiger partial charge in [-0.05, 0) is 57.2 Å². The molecule has 0 aliphatic rings. The number of ether oxygens (including phenoxy) is 1. The molecule has 0 spiro atoms. The van der Waals surface area contributed by atoms with Crippen molar-refractivity contribution in [3.63, 3.8) is 0 Å². The van der Waals surface area contributed by atoms with Crippen molar-refractivity contribution in [1.82, 2.24) is 10.2 Å². The number of hydrogen-bond donors (Lipinski definition) is 2. The van der Waals surface area contributed by atoms with Gasteiger partial charge in [-0.2, -0.15) is 13.2 Å². The lowest BCUT2D eigenvalue weighted by atomic mass is 10.2. The number of nitrogens with zero attached hydrogens (tertiary/aromatic N) is 2. The Hall–Kier alpha value is -2.84. The first-order chi connectivity index (χ1) is 11.5. The van der Waals surface area contributed by atoms with E-state index >= 15 is 0 Å². The summed E-state index contributed by atoms with van der Waals surface area (Å²) < 4.78 is 42.6. The molecule has 0 aliphatic heterocycles. The zero-order valence-electron chi connectivity index (χ0n) is 13.8. The fourth-order valence-electron chi connectivity index (χ4n) is 1.76. The van der Waals surface area contributed by atoms with Crippen LogP contribution < -0.4 is 10.6 Å². The predicted octanol–water partition coefficient (Wildman–Crippen LogP) is 4.59. The summed E-state index contributed by atoms with van der Waals surface area (Å²) in [6, 6.07) is 7.53. The Labute approximate surface area is 142 Å². The second-order valence-electron chi connectivity index (χ2n) is 6.13. The largest absolute Gasteiger partial charge is 0.444 e. The van der Waals surface area contributed by atoms with E-state index in [0.717, 1.165) is 12.1 Å². The molecule has 0 saturated heterocycles. The van der Waals surface area contributed by atoms with Gasteiger partial charge in [0.1, 0.15) is 5.60 Å². The molecule has 1 heterocycles. The van der Waals surface area contributed by atoms with Crippen LogP contribution in [0.4, 0.5) is 35.3 Å². The molecule has 0 aliphatic carbocycles. The molecule has 2 N–H and O–H groups in total. The highest BCUT2D eigenvalue weighted by atomic mass is 19.4. The first-order valence-electron chi connectivity index (χ1n) is 7.31. The third-order valence-corrected chi connectivity index (χ3v) is 2.78. The predicted molar refractivity (Wildman–Crippen MR) is 86.6 cm³/mol. The van der Waals surface area contributed by atoms with Gasteiger partial charge in [0.25, 0.3) is 0 Å². The number of rotatable bonds is 3. The molecule has 1 amide bonds. The number of nitrogens with one attached hydrogen (secondary N) is 2. The summed E-state index contributed by atoms with van der Waals surface area (Å²) in [5.74, 6) is 0.502. The van der Waals surface area contributed by atoms with Gasteiger partial charge in [-0.3, -0.25) is 5.32 Å². The lowest BCUT2D eigenvalue weighted by molar-refractivity contribution is -0.137. The maximum atomic E-state index is 12.5. The van der Waals surface area contributed by atoms with Crippen LogP contribution in [0.25, 0.3) is 0 Å². The molecule has 0 atom stereocenters. The summed E-state index contributed by atoms with van der Waals surface area (Å²) in [5.41, 5.74) is -0.946. The van der Waals surface area contributed by atoms with Gasteiger partial charge in [-0.1, -0.05) is 0 Å². The molecule has 1 aromatic carbocycles. The van der Waals surface area contributed by atoms with Gasteiger partial charge in [-0.25, -0.2) is 4.79 Å². The Bertz CT molecular complexity index is 723.